The predicted molar refractivity (Wildman–Crippen MR) is 83.7 cm³/mol. The Labute approximate surface area is 131 Å². The van der Waals surface area contributed by atoms with E-state index >= 15 is 0 Å². The third-order valence-electron chi connectivity index (χ3n) is 3.19. The fourth-order valence-corrected chi connectivity index (χ4v) is 2.46. The maximum absolute atomic E-state index is 11.6. The largest absolute Gasteiger partial charge is 0.439 e. The van der Waals surface area contributed by atoms with Crippen LogP contribution in [0.3, 0.4) is 0 Å². The first-order valence-electron chi connectivity index (χ1n) is 6.81. The van der Waals surface area contributed by atoms with E-state index in [4.69, 9.17) is 20.8 Å². The number of benzene rings is 1. The Morgan fingerprint density at radius 2 is 2.05 bits per heavy atom. The molecular formula is C16H13ClN2O3. The molecule has 0 bridgehead atoms. The zero-order chi connectivity index (χ0) is 15.7. The zero-order valence-corrected chi connectivity index (χ0v) is 12.8. The number of aromatic nitrogens is 2. The number of rotatable bonds is 3. The van der Waals surface area contributed by atoms with Crippen LogP contribution in [0.1, 0.15) is 18.3 Å². The van der Waals surface area contributed by atoms with Crippen molar-refractivity contribution in [1.82, 2.24) is 9.97 Å². The third-order valence-corrected chi connectivity index (χ3v) is 3.38. The van der Waals surface area contributed by atoms with Crippen LogP contribution in [0.2, 0.25) is 5.15 Å². The van der Waals surface area contributed by atoms with Crippen LogP contribution in [0.4, 0.5) is 0 Å². The molecule has 0 N–H and O–H groups in total. The van der Waals surface area contributed by atoms with Gasteiger partial charge < -0.3 is 9.15 Å². The highest BCUT2D eigenvalue weighted by Crippen LogP contribution is 2.26. The fraction of sp³-hybridized carbons (Fsp3) is 0.188. The van der Waals surface area contributed by atoms with Crippen molar-refractivity contribution in [1.29, 1.82) is 0 Å². The highest BCUT2D eigenvalue weighted by molar-refractivity contribution is 6.29. The lowest BCUT2D eigenvalue weighted by molar-refractivity contribution is 0.458. The van der Waals surface area contributed by atoms with E-state index in [0.29, 0.717) is 28.2 Å². The Morgan fingerprint density at radius 3 is 2.77 bits per heavy atom. The summed E-state index contributed by atoms with van der Waals surface area (Å²) in [6.07, 6.45) is 0.753. The maximum Gasteiger partial charge on any atom is 0.336 e. The molecule has 0 radical (unpaired) electrons. The van der Waals surface area contributed by atoms with Crippen molar-refractivity contribution in [3.63, 3.8) is 0 Å². The minimum absolute atomic E-state index is 0.308. The molecule has 0 saturated heterocycles. The number of halogens is 1. The number of hydrogen-bond acceptors (Lipinski definition) is 5. The Balaban J connectivity index is 2.03. The van der Waals surface area contributed by atoms with Gasteiger partial charge in [0, 0.05) is 23.6 Å². The van der Waals surface area contributed by atoms with Gasteiger partial charge in [0.2, 0.25) is 5.88 Å². The van der Waals surface area contributed by atoms with Crippen molar-refractivity contribution in [3.05, 3.63) is 57.3 Å². The van der Waals surface area contributed by atoms with E-state index in [1.807, 2.05) is 13.0 Å². The van der Waals surface area contributed by atoms with E-state index < -0.39 is 0 Å². The average molecular weight is 317 g/mol. The molecule has 2 aromatic heterocycles. The Kier molecular flexibility index (Phi) is 3.81. The molecule has 0 unspecified atom stereocenters. The quantitative estimate of drug-likeness (QED) is 0.541. The smallest absolute Gasteiger partial charge is 0.336 e. The lowest BCUT2D eigenvalue weighted by atomic mass is 10.1. The van der Waals surface area contributed by atoms with Crippen LogP contribution in [-0.4, -0.2) is 9.97 Å². The summed E-state index contributed by atoms with van der Waals surface area (Å²) < 4.78 is 10.9. The number of fused-ring (bicyclic) bond motifs is 1. The molecule has 6 heteroatoms. The van der Waals surface area contributed by atoms with Gasteiger partial charge in [0.15, 0.2) is 0 Å². The summed E-state index contributed by atoms with van der Waals surface area (Å²) in [5.41, 5.74) is 1.06. The molecule has 0 fully saturated rings. The fourth-order valence-electron chi connectivity index (χ4n) is 2.24. The first kappa shape index (κ1) is 14.5. The molecule has 0 saturated carbocycles. The van der Waals surface area contributed by atoms with E-state index in [1.165, 1.54) is 12.1 Å². The first-order valence-corrected chi connectivity index (χ1v) is 7.19. The van der Waals surface area contributed by atoms with Crippen molar-refractivity contribution >= 4 is 22.6 Å². The molecule has 3 aromatic rings. The van der Waals surface area contributed by atoms with E-state index in [9.17, 15) is 4.79 Å². The van der Waals surface area contributed by atoms with Gasteiger partial charge in [0.1, 0.15) is 22.3 Å². The molecule has 0 aliphatic heterocycles. The molecule has 3 rings (SSSR count). The summed E-state index contributed by atoms with van der Waals surface area (Å²) in [5.74, 6) is 1.37. The van der Waals surface area contributed by atoms with Crippen molar-refractivity contribution in [2.45, 2.75) is 20.3 Å². The van der Waals surface area contributed by atoms with Crippen LogP contribution >= 0.6 is 11.6 Å². The number of aryl methyl sites for hydroxylation is 2. The number of ether oxygens (including phenoxy) is 1. The highest BCUT2D eigenvalue weighted by Gasteiger charge is 2.08. The maximum atomic E-state index is 11.6. The molecule has 1 aromatic carbocycles. The number of hydrogen-bond donors (Lipinski definition) is 0. The predicted octanol–water partition coefficient (Wildman–Crippen LogP) is 3.90. The van der Waals surface area contributed by atoms with Crippen molar-refractivity contribution < 1.29 is 9.15 Å². The minimum Gasteiger partial charge on any atom is -0.439 e. The highest BCUT2D eigenvalue weighted by atomic mass is 35.5. The summed E-state index contributed by atoms with van der Waals surface area (Å²) in [6, 6.07) is 8.37. The van der Waals surface area contributed by atoms with Crippen molar-refractivity contribution in [2.24, 2.45) is 0 Å². The molecular weight excluding hydrogens is 304 g/mol. The zero-order valence-electron chi connectivity index (χ0n) is 12.1. The van der Waals surface area contributed by atoms with E-state index in [-0.39, 0.29) is 5.63 Å². The lowest BCUT2D eigenvalue weighted by Crippen LogP contribution is -2.00. The number of nitrogens with zero attached hydrogens (tertiary/aromatic N) is 2. The second-order valence-electron chi connectivity index (χ2n) is 4.78. The average Bonchev–Trinajstić information content (AvgIpc) is 2.44. The molecule has 0 atom stereocenters. The Morgan fingerprint density at radius 1 is 1.23 bits per heavy atom. The lowest BCUT2D eigenvalue weighted by Gasteiger charge is -2.07. The van der Waals surface area contributed by atoms with Gasteiger partial charge in [0.25, 0.3) is 0 Å². The molecule has 0 aliphatic rings. The van der Waals surface area contributed by atoms with E-state index in [0.717, 1.165) is 17.4 Å². The van der Waals surface area contributed by atoms with Gasteiger partial charge in [-0.1, -0.05) is 18.5 Å². The molecule has 2 heterocycles. The first-order chi connectivity index (χ1) is 10.5. The minimum atomic E-state index is -0.373. The summed E-state index contributed by atoms with van der Waals surface area (Å²) in [7, 11) is 0. The van der Waals surface area contributed by atoms with Crippen LogP contribution in [-0.2, 0) is 6.42 Å². The second kappa shape index (κ2) is 5.77. The van der Waals surface area contributed by atoms with Gasteiger partial charge in [-0.05, 0) is 31.0 Å². The van der Waals surface area contributed by atoms with Gasteiger partial charge in [-0.3, -0.25) is 0 Å². The molecule has 5 nitrogen and oxygen atoms in total. The van der Waals surface area contributed by atoms with Gasteiger partial charge in [-0.15, -0.1) is 0 Å². The topological polar surface area (TPSA) is 65.2 Å². The SMILES string of the molecule is CCc1cc(=O)oc2cc(Oc3cc(Cl)nc(C)n3)ccc12. The molecule has 0 amide bonds. The van der Waals surface area contributed by atoms with Crippen LogP contribution in [0, 0.1) is 6.92 Å². The standard InChI is InChI=1S/C16H13ClN2O3/c1-3-10-6-16(20)22-13-7-11(4-5-12(10)13)21-15-8-14(17)18-9(2)19-15/h4-8H,3H2,1-2H3. The molecule has 0 aliphatic carbocycles. The summed E-state index contributed by atoms with van der Waals surface area (Å²) in [5, 5.41) is 1.20. The normalized spacial score (nSPS) is 10.9. The van der Waals surface area contributed by atoms with Crippen LogP contribution in [0.25, 0.3) is 11.0 Å². The van der Waals surface area contributed by atoms with E-state index in [1.54, 1.807) is 19.1 Å². The molecule has 112 valence electrons. The van der Waals surface area contributed by atoms with Crippen LogP contribution in [0.5, 0.6) is 11.6 Å². The van der Waals surface area contributed by atoms with Gasteiger partial charge in [-0.2, -0.15) is 4.98 Å². The van der Waals surface area contributed by atoms with Gasteiger partial charge in [-0.25, -0.2) is 9.78 Å². The third kappa shape index (κ3) is 2.94. The summed E-state index contributed by atoms with van der Waals surface area (Å²) >= 11 is 5.88. The molecule has 0 spiro atoms. The van der Waals surface area contributed by atoms with Gasteiger partial charge >= 0.3 is 5.63 Å². The van der Waals surface area contributed by atoms with Gasteiger partial charge in [0.05, 0.1) is 0 Å². The Hall–Kier alpha value is -2.40. The summed E-state index contributed by atoms with van der Waals surface area (Å²) in [4.78, 5) is 19.7. The summed E-state index contributed by atoms with van der Waals surface area (Å²) in [6.45, 7) is 3.72. The monoisotopic (exact) mass is 316 g/mol. The van der Waals surface area contributed by atoms with Crippen LogP contribution in [0.15, 0.2) is 39.5 Å². The van der Waals surface area contributed by atoms with Crippen molar-refractivity contribution in [2.75, 3.05) is 0 Å². The van der Waals surface area contributed by atoms with E-state index in [2.05, 4.69) is 9.97 Å². The molecule has 22 heavy (non-hydrogen) atoms. The second-order valence-corrected chi connectivity index (χ2v) is 5.17. The Bertz CT molecular complexity index is 885. The van der Waals surface area contributed by atoms with Crippen molar-refractivity contribution in [3.8, 4) is 11.6 Å². The van der Waals surface area contributed by atoms with Crippen LogP contribution < -0.4 is 10.4 Å².